The number of alkyl halides is 2. The molecule has 1 rings (SSSR count). The Morgan fingerprint density at radius 1 is 1.10 bits per heavy atom. The molecular formula is C10H15F2NO8. The molecule has 0 aromatic carbocycles. The van der Waals surface area contributed by atoms with Gasteiger partial charge in [0.15, 0.2) is 5.60 Å². The normalized spacial score (nSPS) is 35.8. The monoisotopic (exact) mass is 315 g/mol. The minimum Gasteiger partial charge on any atom is -0.379 e. The first-order valence-corrected chi connectivity index (χ1v) is 5.46. The van der Waals surface area contributed by atoms with Crippen LogP contribution in [0.5, 0.6) is 0 Å². The minimum absolute atomic E-state index is 0.0528. The molecule has 0 bridgehead atoms. The third kappa shape index (κ3) is 1.70. The first-order valence-electron chi connectivity index (χ1n) is 5.46. The topological polar surface area (TPSA) is 171 Å². The van der Waals surface area contributed by atoms with E-state index in [4.69, 9.17) is 0 Å². The highest BCUT2D eigenvalue weighted by atomic mass is 19.3. The van der Waals surface area contributed by atoms with Crippen molar-refractivity contribution in [3.63, 3.8) is 0 Å². The van der Waals surface area contributed by atoms with Gasteiger partial charge in [0.2, 0.25) is 11.7 Å². The molecule has 1 fully saturated rings. The Balaban J connectivity index is 3.79. The van der Waals surface area contributed by atoms with Gasteiger partial charge in [-0.25, -0.2) is 0 Å². The molecule has 0 saturated heterocycles. The number of amides is 1. The summed E-state index contributed by atoms with van der Waals surface area (Å²) in [6, 6.07) is 0. The first-order chi connectivity index (χ1) is 9.16. The molecule has 0 aliphatic heterocycles. The van der Waals surface area contributed by atoms with Gasteiger partial charge in [-0.3, -0.25) is 4.79 Å². The van der Waals surface area contributed by atoms with Crippen LogP contribution in [0.2, 0.25) is 0 Å². The van der Waals surface area contributed by atoms with Crippen LogP contribution >= 0.6 is 0 Å². The van der Waals surface area contributed by atoms with Crippen molar-refractivity contribution in [1.82, 2.24) is 5.32 Å². The largest absolute Gasteiger partial charge is 0.379 e. The number of hydrogen-bond acceptors (Lipinski definition) is 8. The molecule has 8 N–H and O–H groups in total. The third-order valence-electron chi connectivity index (χ3n) is 3.61. The predicted octanol–water partition coefficient (Wildman–Crippen LogP) is -4.04. The molecule has 0 spiro atoms. The summed E-state index contributed by atoms with van der Waals surface area (Å²) in [4.78, 5) is 11.6. The van der Waals surface area contributed by atoms with Gasteiger partial charge in [0.05, 0.1) is 0 Å². The van der Waals surface area contributed by atoms with Gasteiger partial charge in [0.25, 0.3) is 11.6 Å². The van der Waals surface area contributed by atoms with Gasteiger partial charge in [-0.1, -0.05) is 6.08 Å². The summed E-state index contributed by atoms with van der Waals surface area (Å²) in [5, 5.41) is 68.3. The smallest absolute Gasteiger partial charge is 0.361 e. The van der Waals surface area contributed by atoms with Crippen molar-refractivity contribution < 1.29 is 49.3 Å². The van der Waals surface area contributed by atoms with Crippen LogP contribution < -0.4 is 5.32 Å². The van der Waals surface area contributed by atoms with E-state index in [1.165, 1.54) is 0 Å². The maximum absolute atomic E-state index is 13.8. The van der Waals surface area contributed by atoms with Crippen molar-refractivity contribution in [2.45, 2.75) is 28.9 Å². The Labute approximate surface area is 116 Å². The number of aliphatic hydroxyl groups is 7. The van der Waals surface area contributed by atoms with E-state index in [1.807, 2.05) is 0 Å². The number of hydrogen-bond donors (Lipinski definition) is 8. The van der Waals surface area contributed by atoms with Gasteiger partial charge in [-0.2, -0.15) is 8.78 Å². The molecule has 0 aromatic rings. The summed E-state index contributed by atoms with van der Waals surface area (Å²) in [5.41, 5.74) is -3.73. The van der Waals surface area contributed by atoms with Gasteiger partial charge in [-0.05, 0) is 0 Å². The molecule has 0 aromatic heterocycles. The van der Waals surface area contributed by atoms with E-state index in [9.17, 15) is 49.3 Å². The highest BCUT2D eigenvalue weighted by Gasteiger charge is 2.87. The van der Waals surface area contributed by atoms with Crippen LogP contribution in [-0.2, 0) is 4.79 Å². The average molecular weight is 315 g/mol. The van der Waals surface area contributed by atoms with Crippen molar-refractivity contribution in [3.8, 4) is 0 Å². The van der Waals surface area contributed by atoms with E-state index < -0.39 is 40.7 Å². The molecule has 21 heavy (non-hydrogen) atoms. The molecule has 1 aliphatic rings. The Kier molecular flexibility index (Phi) is 3.73. The van der Waals surface area contributed by atoms with E-state index in [-0.39, 0.29) is 6.08 Å². The maximum Gasteiger partial charge on any atom is 0.361 e. The number of nitrogens with one attached hydrogen (secondary N) is 1. The van der Waals surface area contributed by atoms with Gasteiger partial charge in [0, 0.05) is 7.05 Å². The highest BCUT2D eigenvalue weighted by molar-refractivity contribution is 5.82. The molecule has 2 unspecified atom stereocenters. The predicted molar refractivity (Wildman–Crippen MR) is 59.2 cm³/mol. The average Bonchev–Trinajstić information content (AvgIpc) is 2.35. The number of rotatable bonds is 2. The third-order valence-corrected chi connectivity index (χ3v) is 3.61. The molecule has 1 amide bonds. The maximum atomic E-state index is 13.8. The van der Waals surface area contributed by atoms with Crippen LogP contribution in [-0.4, -0.2) is 77.6 Å². The van der Waals surface area contributed by atoms with E-state index in [0.29, 0.717) is 0 Å². The van der Waals surface area contributed by atoms with Crippen LogP contribution in [0.25, 0.3) is 0 Å². The minimum atomic E-state index is -5.48. The zero-order valence-electron chi connectivity index (χ0n) is 10.7. The fourth-order valence-corrected chi connectivity index (χ4v) is 2.22. The Hall–Kier alpha value is -1.21. The molecular weight excluding hydrogens is 300 g/mol. The van der Waals surface area contributed by atoms with Gasteiger partial charge in [-0.15, -0.1) is 6.58 Å². The van der Waals surface area contributed by atoms with Crippen molar-refractivity contribution in [2.75, 3.05) is 7.05 Å². The number of carbonyl (C=O) groups is 1. The van der Waals surface area contributed by atoms with Gasteiger partial charge in [0.1, 0.15) is 5.92 Å². The van der Waals surface area contributed by atoms with Crippen LogP contribution in [0.3, 0.4) is 0 Å². The first kappa shape index (κ1) is 17.8. The molecule has 11 heteroatoms. The second kappa shape index (κ2) is 4.39. The fourth-order valence-electron chi connectivity index (χ4n) is 2.22. The van der Waals surface area contributed by atoms with Crippen LogP contribution in [0.1, 0.15) is 0 Å². The van der Waals surface area contributed by atoms with E-state index in [0.717, 1.165) is 7.05 Å². The summed E-state index contributed by atoms with van der Waals surface area (Å²) in [7, 11) is 0.890. The standard InChI is InChI=1S/C10H15F2NO8/c1-3-6(15)4(5(14)13-2)7(16,17)10(20,21)8(11,12)9(6,18)19/h3-4,15-21H,1H2,2H3,(H,13,14). The van der Waals surface area contributed by atoms with E-state index in [1.54, 1.807) is 5.32 Å². The Morgan fingerprint density at radius 2 is 1.52 bits per heavy atom. The zero-order valence-corrected chi connectivity index (χ0v) is 10.7. The van der Waals surface area contributed by atoms with Crippen molar-refractivity contribution in [2.24, 2.45) is 5.92 Å². The van der Waals surface area contributed by atoms with Crippen molar-refractivity contribution in [1.29, 1.82) is 0 Å². The molecule has 122 valence electrons. The number of carbonyl (C=O) groups excluding carboxylic acids is 1. The molecule has 1 aliphatic carbocycles. The van der Waals surface area contributed by atoms with Gasteiger partial charge >= 0.3 is 5.92 Å². The van der Waals surface area contributed by atoms with Crippen LogP contribution in [0.4, 0.5) is 8.78 Å². The SMILES string of the molecule is C=CC1(O)C(C(=O)NC)C(O)(O)C(O)(O)C(F)(F)C1(O)O. The van der Waals surface area contributed by atoms with Crippen LogP contribution in [0, 0.1) is 5.92 Å². The lowest BCUT2D eigenvalue weighted by molar-refractivity contribution is -0.528. The molecule has 2 atom stereocenters. The quantitative estimate of drug-likeness (QED) is 0.188. The van der Waals surface area contributed by atoms with E-state index >= 15 is 0 Å². The van der Waals surface area contributed by atoms with Crippen molar-refractivity contribution >= 4 is 5.91 Å². The van der Waals surface area contributed by atoms with Crippen LogP contribution in [0.15, 0.2) is 12.7 Å². The number of halogens is 2. The summed E-state index contributed by atoms with van der Waals surface area (Å²) in [5.74, 6) is -23.9. The summed E-state index contributed by atoms with van der Waals surface area (Å²) in [6.07, 6.45) is 0.0528. The molecule has 1 saturated carbocycles. The lowest BCUT2D eigenvalue weighted by Crippen LogP contribution is -2.88. The second-order valence-corrected chi connectivity index (χ2v) is 4.72. The fraction of sp³-hybridized carbons (Fsp3) is 0.700. The van der Waals surface area contributed by atoms with Crippen molar-refractivity contribution in [3.05, 3.63) is 12.7 Å². The zero-order chi connectivity index (χ0) is 17.1. The summed E-state index contributed by atoms with van der Waals surface area (Å²) in [6.45, 7) is 2.83. The van der Waals surface area contributed by atoms with E-state index in [2.05, 4.69) is 6.58 Å². The lowest BCUT2D eigenvalue weighted by atomic mass is 9.62. The van der Waals surface area contributed by atoms with Gasteiger partial charge < -0.3 is 41.1 Å². The molecule has 0 radical (unpaired) electrons. The molecule has 9 nitrogen and oxygen atoms in total. The Morgan fingerprint density at radius 3 is 1.86 bits per heavy atom. The highest BCUT2D eigenvalue weighted by Crippen LogP contribution is 2.56. The summed E-state index contributed by atoms with van der Waals surface area (Å²) < 4.78 is 27.6. The molecule has 0 heterocycles. The lowest BCUT2D eigenvalue weighted by Gasteiger charge is -2.58. The second-order valence-electron chi connectivity index (χ2n) is 4.72. The summed E-state index contributed by atoms with van der Waals surface area (Å²) >= 11 is 0. The Bertz CT molecular complexity index is 478.